The molecule has 0 aromatic rings. The van der Waals surface area contributed by atoms with E-state index in [9.17, 15) is 4.79 Å². The number of rotatable bonds is 2. The fraction of sp³-hybridized carbons (Fsp3) is 0.833. The SMILES string of the molecule is O=C(NC1NCNC2N=CNC21)C1CCCCC1. The molecular weight excluding hydrogens is 230 g/mol. The summed E-state index contributed by atoms with van der Waals surface area (Å²) in [5.41, 5.74) is 0. The van der Waals surface area contributed by atoms with Crippen LogP contribution >= 0.6 is 0 Å². The first-order valence-electron chi connectivity index (χ1n) is 6.89. The van der Waals surface area contributed by atoms with Crippen molar-refractivity contribution in [3.8, 4) is 0 Å². The van der Waals surface area contributed by atoms with Gasteiger partial charge in [-0.15, -0.1) is 0 Å². The molecule has 18 heavy (non-hydrogen) atoms. The molecule has 2 aliphatic heterocycles. The van der Waals surface area contributed by atoms with Gasteiger partial charge < -0.3 is 10.6 Å². The predicted octanol–water partition coefficient (Wildman–Crippen LogP) is -0.514. The third-order valence-electron chi connectivity index (χ3n) is 4.11. The number of aliphatic imine (C=N–C) groups is 1. The highest BCUT2D eigenvalue weighted by atomic mass is 16.2. The van der Waals surface area contributed by atoms with Crippen molar-refractivity contribution in [3.05, 3.63) is 0 Å². The summed E-state index contributed by atoms with van der Waals surface area (Å²) >= 11 is 0. The Kier molecular flexibility index (Phi) is 3.47. The molecule has 100 valence electrons. The maximum atomic E-state index is 12.2. The second-order valence-corrected chi connectivity index (χ2v) is 5.32. The van der Waals surface area contributed by atoms with Crippen molar-refractivity contribution < 1.29 is 4.79 Å². The molecule has 3 rings (SSSR count). The Morgan fingerprint density at radius 1 is 1.22 bits per heavy atom. The minimum atomic E-state index is -0.0341. The fourth-order valence-corrected chi connectivity index (χ4v) is 3.03. The van der Waals surface area contributed by atoms with Gasteiger partial charge in [0, 0.05) is 12.6 Å². The van der Waals surface area contributed by atoms with Crippen molar-refractivity contribution in [3.63, 3.8) is 0 Å². The summed E-state index contributed by atoms with van der Waals surface area (Å²) in [6.45, 7) is 0.676. The summed E-state index contributed by atoms with van der Waals surface area (Å²) < 4.78 is 0. The minimum absolute atomic E-state index is 0.0341. The van der Waals surface area contributed by atoms with Gasteiger partial charge in [-0.25, -0.2) is 0 Å². The Morgan fingerprint density at radius 3 is 2.89 bits per heavy atom. The van der Waals surface area contributed by atoms with Crippen LogP contribution in [-0.2, 0) is 4.79 Å². The van der Waals surface area contributed by atoms with Crippen molar-refractivity contribution in [2.24, 2.45) is 10.9 Å². The van der Waals surface area contributed by atoms with E-state index >= 15 is 0 Å². The molecule has 2 fully saturated rings. The van der Waals surface area contributed by atoms with E-state index in [0.717, 1.165) is 12.8 Å². The highest BCUT2D eigenvalue weighted by Crippen LogP contribution is 2.24. The first-order valence-corrected chi connectivity index (χ1v) is 6.89. The van der Waals surface area contributed by atoms with Crippen LogP contribution in [0.1, 0.15) is 32.1 Å². The molecule has 0 radical (unpaired) electrons. The van der Waals surface area contributed by atoms with Gasteiger partial charge in [0.05, 0.1) is 12.4 Å². The zero-order valence-corrected chi connectivity index (χ0v) is 10.5. The molecule has 1 saturated carbocycles. The van der Waals surface area contributed by atoms with E-state index in [1.54, 1.807) is 6.34 Å². The van der Waals surface area contributed by atoms with Crippen LogP contribution in [0.15, 0.2) is 4.99 Å². The summed E-state index contributed by atoms with van der Waals surface area (Å²) in [5, 5.41) is 12.8. The average molecular weight is 251 g/mol. The number of carbonyl (C=O) groups is 1. The van der Waals surface area contributed by atoms with Crippen molar-refractivity contribution in [2.45, 2.75) is 50.5 Å². The topological polar surface area (TPSA) is 77.6 Å². The van der Waals surface area contributed by atoms with Crippen LogP contribution in [0.25, 0.3) is 0 Å². The Hall–Kier alpha value is -1.14. The molecule has 6 heteroatoms. The lowest BCUT2D eigenvalue weighted by Gasteiger charge is -2.36. The summed E-state index contributed by atoms with van der Waals surface area (Å²) in [5.74, 6) is 0.401. The summed E-state index contributed by atoms with van der Waals surface area (Å²) in [4.78, 5) is 16.5. The first kappa shape index (κ1) is 11.9. The van der Waals surface area contributed by atoms with Crippen LogP contribution in [0.3, 0.4) is 0 Å². The molecule has 2 heterocycles. The van der Waals surface area contributed by atoms with Crippen LogP contribution in [0.2, 0.25) is 0 Å². The standard InChI is InChI=1S/C12H21N5O/c18-12(8-4-2-1-3-5-8)17-11-9-10(14-6-13-9)15-7-16-11/h6,8-11,15-16H,1-5,7H2,(H,13,14)(H,17,18). The molecule has 0 aromatic heterocycles. The molecule has 1 amide bonds. The number of nitrogens with one attached hydrogen (secondary N) is 4. The van der Waals surface area contributed by atoms with Crippen molar-refractivity contribution >= 4 is 12.2 Å². The van der Waals surface area contributed by atoms with E-state index in [4.69, 9.17) is 0 Å². The lowest BCUT2D eigenvalue weighted by Crippen LogP contribution is -2.68. The van der Waals surface area contributed by atoms with Gasteiger partial charge in [0.2, 0.25) is 5.91 Å². The Labute approximate surface area is 107 Å². The average Bonchev–Trinajstić information content (AvgIpc) is 2.89. The van der Waals surface area contributed by atoms with Crippen LogP contribution in [0.5, 0.6) is 0 Å². The molecule has 0 spiro atoms. The number of carbonyl (C=O) groups excluding carboxylic acids is 1. The Morgan fingerprint density at radius 2 is 2.06 bits per heavy atom. The lowest BCUT2D eigenvalue weighted by molar-refractivity contribution is -0.127. The number of amides is 1. The number of nitrogens with zero attached hydrogens (tertiary/aromatic N) is 1. The van der Waals surface area contributed by atoms with Gasteiger partial charge in [0.1, 0.15) is 12.3 Å². The molecule has 1 aliphatic carbocycles. The second kappa shape index (κ2) is 5.24. The smallest absolute Gasteiger partial charge is 0.224 e. The van der Waals surface area contributed by atoms with E-state index in [-0.39, 0.29) is 30.2 Å². The largest absolute Gasteiger partial charge is 0.367 e. The Bertz CT molecular complexity index is 339. The van der Waals surface area contributed by atoms with E-state index in [1.807, 2.05) is 0 Å². The van der Waals surface area contributed by atoms with Crippen LogP contribution in [-0.4, -0.2) is 37.3 Å². The van der Waals surface area contributed by atoms with Gasteiger partial charge in [-0.05, 0) is 12.8 Å². The molecule has 0 aromatic carbocycles. The number of hydrogen-bond donors (Lipinski definition) is 4. The van der Waals surface area contributed by atoms with Crippen LogP contribution in [0.4, 0.5) is 0 Å². The zero-order valence-electron chi connectivity index (χ0n) is 10.5. The van der Waals surface area contributed by atoms with Gasteiger partial charge in [-0.2, -0.15) is 0 Å². The molecule has 3 unspecified atom stereocenters. The summed E-state index contributed by atoms with van der Waals surface area (Å²) in [7, 11) is 0. The fourth-order valence-electron chi connectivity index (χ4n) is 3.03. The maximum absolute atomic E-state index is 12.2. The molecule has 3 atom stereocenters. The minimum Gasteiger partial charge on any atom is -0.367 e. The van der Waals surface area contributed by atoms with E-state index < -0.39 is 0 Å². The third kappa shape index (κ3) is 2.35. The number of hydrogen-bond acceptors (Lipinski definition) is 5. The lowest BCUT2D eigenvalue weighted by atomic mass is 9.88. The second-order valence-electron chi connectivity index (χ2n) is 5.32. The molecule has 3 aliphatic rings. The van der Waals surface area contributed by atoms with Gasteiger partial charge in [-0.3, -0.25) is 20.4 Å². The first-order chi connectivity index (χ1) is 8.84. The molecule has 4 N–H and O–H groups in total. The number of fused-ring (bicyclic) bond motifs is 1. The zero-order chi connectivity index (χ0) is 12.4. The van der Waals surface area contributed by atoms with Crippen LogP contribution < -0.4 is 21.3 Å². The summed E-state index contributed by atoms with van der Waals surface area (Å²) in [6.07, 6.45) is 7.47. The molecule has 0 bridgehead atoms. The van der Waals surface area contributed by atoms with E-state index in [2.05, 4.69) is 26.3 Å². The highest BCUT2D eigenvalue weighted by molar-refractivity contribution is 5.79. The van der Waals surface area contributed by atoms with Gasteiger partial charge in [-0.1, -0.05) is 19.3 Å². The van der Waals surface area contributed by atoms with Crippen molar-refractivity contribution in [1.82, 2.24) is 21.3 Å². The van der Waals surface area contributed by atoms with Crippen molar-refractivity contribution in [2.75, 3.05) is 6.67 Å². The van der Waals surface area contributed by atoms with Gasteiger partial charge in [0.25, 0.3) is 0 Å². The normalized spacial score (nSPS) is 35.9. The maximum Gasteiger partial charge on any atom is 0.224 e. The van der Waals surface area contributed by atoms with Crippen molar-refractivity contribution in [1.29, 1.82) is 0 Å². The Balaban J connectivity index is 1.56. The van der Waals surface area contributed by atoms with Crippen LogP contribution in [0, 0.1) is 5.92 Å². The highest BCUT2D eigenvalue weighted by Gasteiger charge is 2.36. The quantitative estimate of drug-likeness (QED) is 0.533. The van der Waals surface area contributed by atoms with E-state index in [0.29, 0.717) is 6.67 Å². The predicted molar refractivity (Wildman–Crippen MR) is 68.8 cm³/mol. The molecular formula is C12H21N5O. The molecule has 6 nitrogen and oxygen atoms in total. The third-order valence-corrected chi connectivity index (χ3v) is 4.11. The summed E-state index contributed by atoms with van der Waals surface area (Å²) in [6, 6.07) is 0.117. The monoisotopic (exact) mass is 251 g/mol. The van der Waals surface area contributed by atoms with Gasteiger partial charge >= 0.3 is 0 Å². The van der Waals surface area contributed by atoms with Gasteiger partial charge in [0.15, 0.2) is 0 Å². The molecule has 1 saturated heterocycles. The van der Waals surface area contributed by atoms with E-state index in [1.165, 1.54) is 19.3 Å².